The quantitative estimate of drug-likeness (QED) is 0.739. The first-order valence-corrected chi connectivity index (χ1v) is 6.66. The van der Waals surface area contributed by atoms with E-state index in [0.29, 0.717) is 17.5 Å². The molecule has 0 aromatic heterocycles. The van der Waals surface area contributed by atoms with Crippen molar-refractivity contribution in [3.05, 3.63) is 0 Å². The number of hydrogen-bond donors (Lipinski definition) is 1. The van der Waals surface area contributed by atoms with Gasteiger partial charge >= 0.3 is 0 Å². The Labute approximate surface area is 102 Å². The Balaban J connectivity index is 2.78. The van der Waals surface area contributed by atoms with Gasteiger partial charge in [0.05, 0.1) is 0 Å². The van der Waals surface area contributed by atoms with E-state index in [9.17, 15) is 0 Å². The van der Waals surface area contributed by atoms with Gasteiger partial charge in [-0.25, -0.2) is 0 Å². The van der Waals surface area contributed by atoms with E-state index in [1.807, 2.05) is 0 Å². The minimum atomic E-state index is 0.284. The lowest BCUT2D eigenvalue weighted by Crippen LogP contribution is -2.64. The van der Waals surface area contributed by atoms with E-state index in [4.69, 9.17) is 0 Å². The van der Waals surface area contributed by atoms with Gasteiger partial charge in [0, 0.05) is 30.7 Å². The minimum absolute atomic E-state index is 0.284. The van der Waals surface area contributed by atoms with E-state index in [-0.39, 0.29) is 5.54 Å². The molecular weight excluding hydrogens is 196 g/mol. The minimum Gasteiger partial charge on any atom is -0.311 e. The summed E-state index contributed by atoms with van der Waals surface area (Å²) in [7, 11) is 0. The zero-order valence-corrected chi connectivity index (χ0v) is 12.2. The Morgan fingerprint density at radius 3 is 2.06 bits per heavy atom. The van der Waals surface area contributed by atoms with Gasteiger partial charge in [-0.2, -0.15) is 0 Å². The van der Waals surface area contributed by atoms with Crippen LogP contribution >= 0.6 is 0 Å². The normalized spacial score (nSPS) is 29.4. The van der Waals surface area contributed by atoms with Gasteiger partial charge in [0.2, 0.25) is 0 Å². The van der Waals surface area contributed by atoms with Crippen LogP contribution in [0.4, 0.5) is 0 Å². The van der Waals surface area contributed by atoms with Gasteiger partial charge in [0.1, 0.15) is 0 Å². The summed E-state index contributed by atoms with van der Waals surface area (Å²) in [5.74, 6) is 0. The van der Waals surface area contributed by atoms with Crippen molar-refractivity contribution in [3.63, 3.8) is 0 Å². The number of piperazine rings is 1. The highest BCUT2D eigenvalue weighted by atomic mass is 15.3. The van der Waals surface area contributed by atoms with Crippen LogP contribution in [0.25, 0.3) is 0 Å². The molecule has 1 heterocycles. The van der Waals surface area contributed by atoms with Crippen LogP contribution in [0, 0.1) is 5.41 Å². The smallest absolute Gasteiger partial charge is 0.0244 e. The predicted molar refractivity (Wildman–Crippen MR) is 71.8 cm³/mol. The Morgan fingerprint density at radius 2 is 1.69 bits per heavy atom. The molecule has 1 aliphatic rings. The van der Waals surface area contributed by atoms with E-state index in [2.05, 4.69) is 58.7 Å². The highest BCUT2D eigenvalue weighted by Gasteiger charge is 2.37. The van der Waals surface area contributed by atoms with Crippen molar-refractivity contribution in [2.75, 3.05) is 13.1 Å². The predicted octanol–water partition coefficient (Wildman–Crippen LogP) is 2.88. The highest BCUT2D eigenvalue weighted by Crippen LogP contribution is 2.28. The lowest BCUT2D eigenvalue weighted by Gasteiger charge is -2.50. The van der Waals surface area contributed by atoms with Crippen molar-refractivity contribution >= 4 is 0 Å². The molecule has 0 aliphatic carbocycles. The van der Waals surface area contributed by atoms with Crippen molar-refractivity contribution in [1.29, 1.82) is 0 Å². The van der Waals surface area contributed by atoms with Crippen molar-refractivity contribution in [2.24, 2.45) is 5.41 Å². The first-order valence-electron chi connectivity index (χ1n) is 6.66. The molecule has 1 saturated heterocycles. The Kier molecular flexibility index (Phi) is 4.07. The van der Waals surface area contributed by atoms with Crippen molar-refractivity contribution in [3.8, 4) is 0 Å². The van der Waals surface area contributed by atoms with E-state index in [1.54, 1.807) is 0 Å². The van der Waals surface area contributed by atoms with E-state index >= 15 is 0 Å². The molecule has 16 heavy (non-hydrogen) atoms. The van der Waals surface area contributed by atoms with Crippen molar-refractivity contribution < 1.29 is 0 Å². The molecular formula is C14H30N2. The summed E-state index contributed by atoms with van der Waals surface area (Å²) in [6.45, 7) is 18.6. The second-order valence-electron chi connectivity index (χ2n) is 7.21. The molecule has 0 saturated carbocycles. The Morgan fingerprint density at radius 1 is 1.12 bits per heavy atom. The van der Waals surface area contributed by atoms with Gasteiger partial charge in [-0.15, -0.1) is 0 Å². The molecule has 1 N–H and O–H groups in total. The molecule has 1 rings (SSSR count). The first-order chi connectivity index (χ1) is 7.16. The third-order valence-corrected chi connectivity index (χ3v) is 3.80. The Bertz CT molecular complexity index is 222. The molecule has 0 aromatic rings. The summed E-state index contributed by atoms with van der Waals surface area (Å²) in [5.41, 5.74) is 0.633. The van der Waals surface area contributed by atoms with Gasteiger partial charge < -0.3 is 5.32 Å². The zero-order valence-electron chi connectivity index (χ0n) is 12.2. The largest absolute Gasteiger partial charge is 0.311 e. The van der Waals surface area contributed by atoms with Gasteiger partial charge in [-0.3, -0.25) is 4.90 Å². The maximum atomic E-state index is 3.72. The fraction of sp³-hybridized carbons (Fsp3) is 1.00. The maximum absolute atomic E-state index is 3.72. The van der Waals surface area contributed by atoms with Crippen LogP contribution in [-0.2, 0) is 0 Å². The number of rotatable bonds is 1. The molecule has 0 bridgehead atoms. The van der Waals surface area contributed by atoms with Crippen LogP contribution in [0.1, 0.15) is 54.9 Å². The summed E-state index contributed by atoms with van der Waals surface area (Å²) < 4.78 is 0. The molecule has 0 amide bonds. The Hall–Kier alpha value is -0.0800. The second-order valence-corrected chi connectivity index (χ2v) is 7.21. The van der Waals surface area contributed by atoms with Gasteiger partial charge in [0.25, 0.3) is 0 Å². The van der Waals surface area contributed by atoms with Gasteiger partial charge in [0.15, 0.2) is 0 Å². The highest BCUT2D eigenvalue weighted by molar-refractivity contribution is 4.95. The topological polar surface area (TPSA) is 15.3 Å². The number of nitrogens with zero attached hydrogens (tertiary/aromatic N) is 1. The monoisotopic (exact) mass is 226 g/mol. The standard InChI is InChI=1S/C14H30N2/c1-8-11-9-15-12(13(2,3)4)10-16(11)14(5,6)7/h11-12,15H,8-10H2,1-7H3. The van der Waals surface area contributed by atoms with Crippen LogP contribution in [0.15, 0.2) is 0 Å². The van der Waals surface area contributed by atoms with E-state index < -0.39 is 0 Å². The molecule has 2 heteroatoms. The lowest BCUT2D eigenvalue weighted by molar-refractivity contribution is 0.0158. The van der Waals surface area contributed by atoms with E-state index in [1.165, 1.54) is 13.0 Å². The fourth-order valence-corrected chi connectivity index (χ4v) is 2.57. The lowest BCUT2D eigenvalue weighted by atomic mass is 9.83. The SMILES string of the molecule is CCC1CNC(C(C)(C)C)CN1C(C)(C)C. The summed E-state index contributed by atoms with van der Waals surface area (Å²) in [6, 6.07) is 1.30. The first kappa shape index (κ1) is 14.0. The molecule has 96 valence electrons. The molecule has 2 unspecified atom stereocenters. The van der Waals surface area contributed by atoms with Crippen molar-refractivity contribution in [2.45, 2.75) is 72.5 Å². The number of nitrogens with one attached hydrogen (secondary N) is 1. The summed E-state index contributed by atoms with van der Waals surface area (Å²) in [5, 5.41) is 3.72. The molecule has 0 aromatic carbocycles. The van der Waals surface area contributed by atoms with E-state index in [0.717, 1.165) is 6.54 Å². The third-order valence-electron chi connectivity index (χ3n) is 3.80. The average molecular weight is 226 g/mol. The third kappa shape index (κ3) is 3.21. The maximum Gasteiger partial charge on any atom is 0.0244 e. The molecule has 2 atom stereocenters. The van der Waals surface area contributed by atoms with Crippen molar-refractivity contribution in [1.82, 2.24) is 10.2 Å². The van der Waals surface area contributed by atoms with Gasteiger partial charge in [-0.1, -0.05) is 27.7 Å². The van der Waals surface area contributed by atoms with Crippen LogP contribution in [0.2, 0.25) is 0 Å². The number of hydrogen-bond acceptors (Lipinski definition) is 2. The zero-order chi connectivity index (χ0) is 12.6. The molecule has 1 fully saturated rings. The average Bonchev–Trinajstić information content (AvgIpc) is 2.14. The molecule has 1 aliphatic heterocycles. The molecule has 2 nitrogen and oxygen atoms in total. The second kappa shape index (κ2) is 4.66. The fourth-order valence-electron chi connectivity index (χ4n) is 2.57. The molecule has 0 spiro atoms. The van der Waals surface area contributed by atoms with Crippen LogP contribution < -0.4 is 5.32 Å². The van der Waals surface area contributed by atoms with Crippen LogP contribution in [0.3, 0.4) is 0 Å². The van der Waals surface area contributed by atoms with Gasteiger partial charge in [-0.05, 0) is 32.6 Å². The summed E-state index contributed by atoms with van der Waals surface area (Å²) in [4.78, 5) is 2.68. The summed E-state index contributed by atoms with van der Waals surface area (Å²) in [6.07, 6.45) is 1.24. The molecule has 0 radical (unpaired) electrons. The summed E-state index contributed by atoms with van der Waals surface area (Å²) >= 11 is 0. The van der Waals surface area contributed by atoms with Crippen LogP contribution in [-0.4, -0.2) is 35.6 Å². The van der Waals surface area contributed by atoms with Crippen LogP contribution in [0.5, 0.6) is 0 Å².